The molecule has 0 saturated heterocycles. The van der Waals surface area contributed by atoms with E-state index in [1.54, 1.807) is 0 Å². The summed E-state index contributed by atoms with van der Waals surface area (Å²) in [6.07, 6.45) is 14.0. The van der Waals surface area contributed by atoms with Gasteiger partial charge >= 0.3 is 0 Å². The largest absolute Gasteiger partial charge is 0.249 e. The molecule has 170 valence electrons. The third kappa shape index (κ3) is 5.63. The maximum absolute atomic E-state index is 2.47. The molecule has 0 spiro atoms. The summed E-state index contributed by atoms with van der Waals surface area (Å²) in [4.78, 5) is 0. The van der Waals surface area contributed by atoms with E-state index in [9.17, 15) is 0 Å². The highest BCUT2D eigenvalue weighted by atomic mass is 15.1. The van der Waals surface area contributed by atoms with E-state index in [4.69, 9.17) is 0 Å². The molecule has 2 atom stereocenters. The lowest BCUT2D eigenvalue weighted by Crippen LogP contribution is -2.50. The Morgan fingerprint density at radius 3 is 2.09 bits per heavy atom. The van der Waals surface area contributed by atoms with Gasteiger partial charge in [0.2, 0.25) is 6.33 Å². The summed E-state index contributed by atoms with van der Waals surface area (Å²) >= 11 is 0. The maximum atomic E-state index is 2.47. The van der Waals surface area contributed by atoms with Gasteiger partial charge in [-0.3, -0.25) is 0 Å². The second kappa shape index (κ2) is 11.1. The van der Waals surface area contributed by atoms with Gasteiger partial charge in [-0.2, -0.15) is 0 Å². The van der Waals surface area contributed by atoms with Crippen LogP contribution in [0.25, 0.3) is 5.69 Å². The number of unbranched alkanes of at least 4 members (excludes halogenated alkanes) is 3. The van der Waals surface area contributed by atoms with E-state index < -0.39 is 0 Å². The van der Waals surface area contributed by atoms with Crippen LogP contribution < -0.4 is 4.57 Å². The van der Waals surface area contributed by atoms with Crippen LogP contribution in [0.2, 0.25) is 0 Å². The van der Waals surface area contributed by atoms with Crippen molar-refractivity contribution in [2.24, 2.45) is 0 Å². The first-order chi connectivity index (χ1) is 16.2. The minimum atomic E-state index is -0.0254. The van der Waals surface area contributed by atoms with Crippen molar-refractivity contribution < 1.29 is 4.57 Å². The Morgan fingerprint density at radius 2 is 1.42 bits per heavy atom. The summed E-state index contributed by atoms with van der Waals surface area (Å²) in [7, 11) is 0. The second-order valence-electron chi connectivity index (χ2n) is 9.41. The highest BCUT2D eigenvalue weighted by Crippen LogP contribution is 2.39. The van der Waals surface area contributed by atoms with Crippen molar-refractivity contribution in [2.75, 3.05) is 0 Å². The van der Waals surface area contributed by atoms with Crippen molar-refractivity contribution in [3.63, 3.8) is 0 Å². The fourth-order valence-corrected chi connectivity index (χ4v) is 5.12. The van der Waals surface area contributed by atoms with Gasteiger partial charge in [-0.05, 0) is 42.5 Å². The van der Waals surface area contributed by atoms with E-state index in [0.717, 1.165) is 6.42 Å². The first-order valence-electron chi connectivity index (χ1n) is 12.4. The van der Waals surface area contributed by atoms with Crippen LogP contribution in [-0.4, -0.2) is 4.57 Å². The quantitative estimate of drug-likeness (QED) is 0.170. The molecule has 2 unspecified atom stereocenters. The zero-order valence-corrected chi connectivity index (χ0v) is 20.1. The Morgan fingerprint density at radius 1 is 0.788 bits per heavy atom. The standard InChI is InChI=1S/C31H37N2/c1-3-4-5-15-22-30(33-24-23-32(26-33)29-20-13-8-14-21-29)31(2,28-18-11-7-12-19-28)25-27-16-9-6-10-17-27/h6-14,16-21,23-24,26,30H,3-5,15,22,25H2,1-2H3/q+1. The third-order valence-corrected chi connectivity index (χ3v) is 6.99. The molecule has 4 rings (SSSR count). The van der Waals surface area contributed by atoms with Gasteiger partial charge < -0.3 is 0 Å². The van der Waals surface area contributed by atoms with E-state index in [-0.39, 0.29) is 5.41 Å². The summed E-state index contributed by atoms with van der Waals surface area (Å²) < 4.78 is 4.71. The number of rotatable bonds is 11. The molecular formula is C31H37N2+. The summed E-state index contributed by atoms with van der Waals surface area (Å²) in [5.41, 5.74) is 3.98. The van der Waals surface area contributed by atoms with Gasteiger partial charge in [0.15, 0.2) is 0 Å². The number of aromatic nitrogens is 2. The molecule has 0 N–H and O–H groups in total. The number of para-hydroxylation sites is 1. The summed E-state index contributed by atoms with van der Waals surface area (Å²) in [5, 5.41) is 0. The molecule has 0 radical (unpaired) electrons. The normalized spacial score (nSPS) is 14.0. The van der Waals surface area contributed by atoms with Crippen molar-refractivity contribution >= 4 is 0 Å². The first-order valence-corrected chi connectivity index (χ1v) is 12.4. The summed E-state index contributed by atoms with van der Waals surface area (Å²) in [5.74, 6) is 0. The van der Waals surface area contributed by atoms with Gasteiger partial charge in [0.1, 0.15) is 24.1 Å². The summed E-state index contributed by atoms with van der Waals surface area (Å²) in [6.45, 7) is 4.75. The van der Waals surface area contributed by atoms with E-state index in [1.165, 1.54) is 48.9 Å². The van der Waals surface area contributed by atoms with Crippen LogP contribution in [-0.2, 0) is 11.8 Å². The highest BCUT2D eigenvalue weighted by molar-refractivity contribution is 5.31. The van der Waals surface area contributed by atoms with E-state index in [1.807, 2.05) is 0 Å². The molecule has 0 aliphatic carbocycles. The average Bonchev–Trinajstić information content (AvgIpc) is 3.35. The Labute approximate surface area is 199 Å². The Hall–Kier alpha value is -3.13. The zero-order valence-electron chi connectivity index (χ0n) is 20.1. The SMILES string of the molecule is CCCCCCC([n+]1ccn(-c2ccccc2)c1)C(C)(Cc1ccccc1)c1ccccc1. The Bertz CT molecular complexity index is 1090. The molecule has 2 heteroatoms. The molecule has 1 heterocycles. The molecule has 0 aliphatic heterocycles. The Balaban J connectivity index is 1.74. The van der Waals surface area contributed by atoms with Gasteiger partial charge in [-0.25, -0.2) is 9.13 Å². The molecule has 4 aromatic rings. The highest BCUT2D eigenvalue weighted by Gasteiger charge is 2.40. The second-order valence-corrected chi connectivity index (χ2v) is 9.41. The van der Waals surface area contributed by atoms with Crippen LogP contribution in [0.1, 0.15) is 63.1 Å². The van der Waals surface area contributed by atoms with Crippen LogP contribution in [0.4, 0.5) is 0 Å². The van der Waals surface area contributed by atoms with Gasteiger partial charge in [-0.15, -0.1) is 0 Å². The van der Waals surface area contributed by atoms with Crippen molar-refractivity contribution in [3.8, 4) is 5.69 Å². The van der Waals surface area contributed by atoms with E-state index in [2.05, 4.69) is 133 Å². The molecule has 2 nitrogen and oxygen atoms in total. The minimum Gasteiger partial charge on any atom is -0.233 e. The molecule has 3 aromatic carbocycles. The van der Waals surface area contributed by atoms with E-state index >= 15 is 0 Å². The Kier molecular flexibility index (Phi) is 7.78. The van der Waals surface area contributed by atoms with Crippen LogP contribution in [0.3, 0.4) is 0 Å². The predicted octanol–water partition coefficient (Wildman–Crippen LogP) is 7.48. The number of benzene rings is 3. The number of imidazole rings is 1. The fraction of sp³-hybridized carbons (Fsp3) is 0.323. The molecule has 0 saturated carbocycles. The van der Waals surface area contributed by atoms with Crippen molar-refractivity contribution in [1.82, 2.24) is 4.57 Å². The molecular weight excluding hydrogens is 400 g/mol. The number of hydrogen-bond donors (Lipinski definition) is 0. The first kappa shape index (κ1) is 23.0. The maximum Gasteiger partial charge on any atom is 0.249 e. The van der Waals surface area contributed by atoms with Crippen LogP contribution in [0, 0.1) is 0 Å². The lowest BCUT2D eigenvalue weighted by molar-refractivity contribution is -0.732. The van der Waals surface area contributed by atoms with Gasteiger partial charge in [0.25, 0.3) is 0 Å². The van der Waals surface area contributed by atoms with Gasteiger partial charge in [0, 0.05) is 5.41 Å². The molecule has 1 aromatic heterocycles. The van der Waals surface area contributed by atoms with Crippen LogP contribution >= 0.6 is 0 Å². The molecule has 0 amide bonds. The minimum absolute atomic E-state index is 0.0254. The van der Waals surface area contributed by atoms with Crippen molar-refractivity contribution in [1.29, 1.82) is 0 Å². The number of nitrogens with zero attached hydrogens (tertiary/aromatic N) is 2. The van der Waals surface area contributed by atoms with Crippen molar-refractivity contribution in [2.45, 2.75) is 63.8 Å². The lowest BCUT2D eigenvalue weighted by atomic mass is 9.70. The average molecular weight is 438 g/mol. The molecule has 0 aliphatic rings. The third-order valence-electron chi connectivity index (χ3n) is 6.99. The van der Waals surface area contributed by atoms with Gasteiger partial charge in [-0.1, -0.05) is 112 Å². The van der Waals surface area contributed by atoms with Gasteiger partial charge in [0.05, 0.1) is 0 Å². The predicted molar refractivity (Wildman–Crippen MR) is 138 cm³/mol. The topological polar surface area (TPSA) is 8.81 Å². The fourth-order valence-electron chi connectivity index (χ4n) is 5.12. The van der Waals surface area contributed by atoms with Crippen molar-refractivity contribution in [3.05, 3.63) is 121 Å². The molecule has 0 bridgehead atoms. The summed E-state index contributed by atoms with van der Waals surface area (Å²) in [6, 6.07) is 33.1. The van der Waals surface area contributed by atoms with Crippen LogP contribution in [0.15, 0.2) is 110 Å². The van der Waals surface area contributed by atoms with Crippen LogP contribution in [0.5, 0.6) is 0 Å². The smallest absolute Gasteiger partial charge is 0.233 e. The lowest BCUT2D eigenvalue weighted by Gasteiger charge is -2.37. The molecule has 33 heavy (non-hydrogen) atoms. The molecule has 0 fully saturated rings. The number of hydrogen-bond acceptors (Lipinski definition) is 0. The van der Waals surface area contributed by atoms with E-state index in [0.29, 0.717) is 6.04 Å². The zero-order chi connectivity index (χ0) is 22.9. The monoisotopic (exact) mass is 437 g/mol.